The maximum Gasteiger partial charge on any atom is 0.0669 e. The first-order chi connectivity index (χ1) is 10.1. The van der Waals surface area contributed by atoms with Gasteiger partial charge in [0.25, 0.3) is 0 Å². The predicted molar refractivity (Wildman–Crippen MR) is 83.6 cm³/mol. The molecule has 2 rings (SSSR count). The van der Waals surface area contributed by atoms with Crippen molar-refractivity contribution >= 4 is 0 Å². The zero-order chi connectivity index (χ0) is 15.3. The van der Waals surface area contributed by atoms with Gasteiger partial charge in [0.1, 0.15) is 0 Å². The Morgan fingerprint density at radius 1 is 0.762 bits per heavy atom. The molecule has 2 aromatic rings. The smallest absolute Gasteiger partial charge is 0.0669 e. The summed E-state index contributed by atoms with van der Waals surface area (Å²) in [5.74, 6) is 0. The van der Waals surface area contributed by atoms with E-state index in [1.54, 1.807) is 0 Å². The minimum absolute atomic E-state index is 0.235. The lowest BCUT2D eigenvalue weighted by molar-refractivity contribution is 0.628. The minimum atomic E-state index is -0.235. The van der Waals surface area contributed by atoms with Crippen molar-refractivity contribution < 1.29 is 0 Å². The van der Waals surface area contributed by atoms with E-state index in [1.807, 2.05) is 36.4 Å². The highest BCUT2D eigenvalue weighted by Crippen LogP contribution is 2.35. The molecular weight excluding hydrogens is 256 g/mol. The monoisotopic (exact) mass is 274 g/mol. The Morgan fingerprint density at radius 2 is 1.14 bits per heavy atom. The van der Waals surface area contributed by atoms with Crippen LogP contribution in [0, 0.1) is 22.7 Å². The second-order valence-corrected chi connectivity index (χ2v) is 5.61. The molecule has 2 aromatic carbocycles. The number of hydrogen-bond donors (Lipinski definition) is 0. The molecule has 0 aliphatic heterocycles. The molecule has 0 aliphatic rings. The van der Waals surface area contributed by atoms with Crippen LogP contribution in [0.1, 0.15) is 36.1 Å². The SMILES string of the molecule is CC(C)(c1ccccc1CC#N)c1ccccc1CC#N. The van der Waals surface area contributed by atoms with Crippen molar-refractivity contribution in [3.8, 4) is 12.1 Å². The molecule has 0 spiro atoms. The molecule has 0 aromatic heterocycles. The second-order valence-electron chi connectivity index (χ2n) is 5.61. The summed E-state index contributed by atoms with van der Waals surface area (Å²) >= 11 is 0. The zero-order valence-corrected chi connectivity index (χ0v) is 12.4. The van der Waals surface area contributed by atoms with Crippen molar-refractivity contribution in [1.29, 1.82) is 10.5 Å². The molecule has 21 heavy (non-hydrogen) atoms. The predicted octanol–water partition coefficient (Wildman–Crippen LogP) is 4.14. The van der Waals surface area contributed by atoms with Crippen LogP contribution in [-0.2, 0) is 18.3 Å². The van der Waals surface area contributed by atoms with E-state index >= 15 is 0 Å². The van der Waals surface area contributed by atoms with E-state index in [4.69, 9.17) is 10.5 Å². The van der Waals surface area contributed by atoms with Gasteiger partial charge in [-0.3, -0.25) is 0 Å². The van der Waals surface area contributed by atoms with Crippen LogP contribution in [0.5, 0.6) is 0 Å². The van der Waals surface area contributed by atoms with Gasteiger partial charge in [-0.15, -0.1) is 0 Å². The molecule has 0 amide bonds. The molecule has 0 radical (unpaired) electrons. The summed E-state index contributed by atoms with van der Waals surface area (Å²) in [5, 5.41) is 18.1. The van der Waals surface area contributed by atoms with Crippen molar-refractivity contribution in [3.05, 3.63) is 70.8 Å². The molecule has 0 unspecified atom stereocenters. The molecule has 0 fully saturated rings. The van der Waals surface area contributed by atoms with Gasteiger partial charge >= 0.3 is 0 Å². The Morgan fingerprint density at radius 3 is 1.52 bits per heavy atom. The Labute approximate surface area is 126 Å². The first-order valence-corrected chi connectivity index (χ1v) is 7.02. The maximum absolute atomic E-state index is 9.03. The van der Waals surface area contributed by atoms with Crippen molar-refractivity contribution in [2.24, 2.45) is 0 Å². The summed E-state index contributed by atoms with van der Waals surface area (Å²) in [6.07, 6.45) is 0.806. The fourth-order valence-corrected chi connectivity index (χ4v) is 2.88. The first-order valence-electron chi connectivity index (χ1n) is 7.02. The zero-order valence-electron chi connectivity index (χ0n) is 12.4. The number of nitriles is 2. The highest BCUT2D eigenvalue weighted by molar-refractivity contribution is 5.46. The van der Waals surface area contributed by atoms with Gasteiger partial charge in [-0.05, 0) is 22.3 Å². The van der Waals surface area contributed by atoms with E-state index in [0.717, 1.165) is 22.3 Å². The first kappa shape index (κ1) is 14.8. The van der Waals surface area contributed by atoms with E-state index in [0.29, 0.717) is 12.8 Å². The fourth-order valence-electron chi connectivity index (χ4n) is 2.88. The molecule has 104 valence electrons. The van der Waals surface area contributed by atoms with Gasteiger partial charge in [-0.2, -0.15) is 10.5 Å². The van der Waals surface area contributed by atoms with Crippen molar-refractivity contribution in [2.45, 2.75) is 32.1 Å². The quantitative estimate of drug-likeness (QED) is 0.841. The van der Waals surface area contributed by atoms with E-state index < -0.39 is 0 Å². The highest BCUT2D eigenvalue weighted by Gasteiger charge is 2.27. The molecule has 2 heteroatoms. The third kappa shape index (κ3) is 2.96. The minimum Gasteiger partial charge on any atom is -0.198 e. The van der Waals surface area contributed by atoms with Crippen LogP contribution in [0.2, 0.25) is 0 Å². The van der Waals surface area contributed by atoms with Crippen molar-refractivity contribution in [1.82, 2.24) is 0 Å². The van der Waals surface area contributed by atoms with Gasteiger partial charge in [0.05, 0.1) is 25.0 Å². The fraction of sp³-hybridized carbons (Fsp3) is 0.263. The Hall–Kier alpha value is -2.58. The summed E-state index contributed by atoms with van der Waals surface area (Å²) in [5.41, 5.74) is 4.17. The van der Waals surface area contributed by atoms with E-state index in [1.165, 1.54) is 0 Å². The van der Waals surface area contributed by atoms with Crippen LogP contribution < -0.4 is 0 Å². The number of hydrogen-bond acceptors (Lipinski definition) is 2. The van der Waals surface area contributed by atoms with Crippen LogP contribution in [0.3, 0.4) is 0 Å². The lowest BCUT2D eigenvalue weighted by Gasteiger charge is -2.30. The lowest BCUT2D eigenvalue weighted by atomic mass is 9.73. The topological polar surface area (TPSA) is 47.6 Å². The van der Waals surface area contributed by atoms with Crippen LogP contribution in [0.4, 0.5) is 0 Å². The van der Waals surface area contributed by atoms with Gasteiger partial charge in [-0.25, -0.2) is 0 Å². The maximum atomic E-state index is 9.03. The van der Waals surface area contributed by atoms with Crippen LogP contribution in [-0.4, -0.2) is 0 Å². The lowest BCUT2D eigenvalue weighted by Crippen LogP contribution is -2.22. The summed E-state index contributed by atoms with van der Waals surface area (Å²) in [7, 11) is 0. The summed E-state index contributed by atoms with van der Waals surface area (Å²) in [6, 6.07) is 20.6. The molecule has 0 heterocycles. The Bertz CT molecular complexity index is 653. The number of rotatable bonds is 4. The summed E-state index contributed by atoms with van der Waals surface area (Å²) in [6.45, 7) is 4.30. The molecule has 0 bridgehead atoms. The van der Waals surface area contributed by atoms with Gasteiger partial charge in [0.15, 0.2) is 0 Å². The van der Waals surface area contributed by atoms with Crippen molar-refractivity contribution in [2.75, 3.05) is 0 Å². The van der Waals surface area contributed by atoms with Gasteiger partial charge in [0, 0.05) is 5.41 Å². The molecular formula is C19H18N2. The molecule has 0 aliphatic carbocycles. The third-order valence-corrected chi connectivity index (χ3v) is 3.92. The molecule has 0 atom stereocenters. The van der Waals surface area contributed by atoms with Crippen molar-refractivity contribution in [3.63, 3.8) is 0 Å². The average Bonchev–Trinajstić information content (AvgIpc) is 2.49. The van der Waals surface area contributed by atoms with E-state index in [2.05, 4.69) is 38.1 Å². The largest absolute Gasteiger partial charge is 0.198 e. The average molecular weight is 274 g/mol. The summed E-state index contributed by atoms with van der Waals surface area (Å²) < 4.78 is 0. The van der Waals surface area contributed by atoms with Gasteiger partial charge in [-0.1, -0.05) is 62.4 Å². The molecule has 0 saturated heterocycles. The normalized spacial score (nSPS) is 10.7. The summed E-state index contributed by atoms with van der Waals surface area (Å²) in [4.78, 5) is 0. The van der Waals surface area contributed by atoms with E-state index in [-0.39, 0.29) is 5.41 Å². The highest BCUT2D eigenvalue weighted by atomic mass is 14.3. The van der Waals surface area contributed by atoms with Crippen LogP contribution in [0.25, 0.3) is 0 Å². The van der Waals surface area contributed by atoms with Gasteiger partial charge in [0.2, 0.25) is 0 Å². The molecule has 0 saturated carbocycles. The standard InChI is InChI=1S/C19H18N2/c1-19(2,17-9-5-3-7-15(17)11-13-20)18-10-6-4-8-16(18)12-14-21/h3-10H,11-12H2,1-2H3. The third-order valence-electron chi connectivity index (χ3n) is 3.92. The van der Waals surface area contributed by atoms with E-state index in [9.17, 15) is 0 Å². The number of benzene rings is 2. The van der Waals surface area contributed by atoms with Gasteiger partial charge < -0.3 is 0 Å². The Balaban J connectivity index is 2.58. The second kappa shape index (κ2) is 6.25. The molecule has 2 nitrogen and oxygen atoms in total. The molecule has 0 N–H and O–H groups in total. The van der Waals surface area contributed by atoms with Crippen LogP contribution >= 0.6 is 0 Å². The Kier molecular flexibility index (Phi) is 4.41. The number of nitrogens with zero attached hydrogens (tertiary/aromatic N) is 2. The van der Waals surface area contributed by atoms with Crippen LogP contribution in [0.15, 0.2) is 48.5 Å².